The van der Waals surface area contributed by atoms with Gasteiger partial charge in [0.1, 0.15) is 0 Å². The van der Waals surface area contributed by atoms with Crippen molar-refractivity contribution in [2.75, 3.05) is 23.4 Å². The van der Waals surface area contributed by atoms with E-state index in [-0.39, 0.29) is 28.8 Å². The lowest BCUT2D eigenvalue weighted by molar-refractivity contribution is -0.140. The maximum Gasteiger partial charge on any atom is 0.418 e. The Bertz CT molecular complexity index is 552. The molecule has 1 rings (SSSR count). The van der Waals surface area contributed by atoms with E-state index in [0.717, 1.165) is 23.9 Å². The fourth-order valence-corrected chi connectivity index (χ4v) is 2.26. The molecule has 0 radical (unpaired) electrons. The largest absolute Gasteiger partial charge is 0.465 e. The van der Waals surface area contributed by atoms with E-state index in [4.69, 9.17) is 11.6 Å². The van der Waals surface area contributed by atoms with Gasteiger partial charge >= 0.3 is 12.1 Å². The molecule has 0 bridgehead atoms. The number of anilines is 1. The number of thioether (sulfide) groups is 1. The van der Waals surface area contributed by atoms with Gasteiger partial charge in [-0.25, -0.2) is 0 Å². The zero-order valence-electron chi connectivity index (χ0n) is 11.5. The van der Waals surface area contributed by atoms with Gasteiger partial charge in [0.25, 0.3) is 0 Å². The van der Waals surface area contributed by atoms with Crippen molar-refractivity contribution in [1.29, 1.82) is 0 Å². The standard InChI is InChI=1S/C13H13ClF3NO3S/c1-2-21-12(20)7-22-6-11(19)18-10-4-3-8(14)5-9(10)13(15,16)17/h3-5H,2,6-7H2,1H3,(H,18,19). The number of nitrogens with one attached hydrogen (secondary N) is 1. The summed E-state index contributed by atoms with van der Waals surface area (Å²) in [5.74, 6) is -1.35. The minimum absolute atomic E-state index is 0.0476. The highest BCUT2D eigenvalue weighted by Gasteiger charge is 2.34. The fraction of sp³-hybridized carbons (Fsp3) is 0.385. The van der Waals surface area contributed by atoms with Gasteiger partial charge in [-0.1, -0.05) is 11.6 Å². The van der Waals surface area contributed by atoms with Crippen LogP contribution in [0.4, 0.5) is 18.9 Å². The van der Waals surface area contributed by atoms with E-state index in [2.05, 4.69) is 10.1 Å². The summed E-state index contributed by atoms with van der Waals surface area (Å²) in [6, 6.07) is 3.07. The van der Waals surface area contributed by atoms with Crippen LogP contribution >= 0.6 is 23.4 Å². The normalized spacial score (nSPS) is 11.1. The summed E-state index contributed by atoms with van der Waals surface area (Å²) in [5.41, 5.74) is -1.40. The van der Waals surface area contributed by atoms with Crippen molar-refractivity contribution in [2.24, 2.45) is 0 Å². The highest BCUT2D eigenvalue weighted by molar-refractivity contribution is 8.00. The second-order valence-corrected chi connectivity index (χ2v) is 5.46. The third kappa shape index (κ3) is 6.15. The molecule has 0 aliphatic carbocycles. The Labute approximate surface area is 134 Å². The molecule has 1 aromatic rings. The Balaban J connectivity index is 2.63. The lowest BCUT2D eigenvalue weighted by Gasteiger charge is -2.14. The maximum atomic E-state index is 12.8. The second kappa shape index (κ2) is 8.28. The summed E-state index contributed by atoms with van der Waals surface area (Å²) in [5, 5.41) is 2.08. The Morgan fingerprint density at radius 3 is 2.59 bits per heavy atom. The number of halogens is 4. The van der Waals surface area contributed by atoms with E-state index < -0.39 is 23.6 Å². The number of hydrogen-bond donors (Lipinski definition) is 1. The number of esters is 1. The lowest BCUT2D eigenvalue weighted by atomic mass is 10.1. The van der Waals surface area contributed by atoms with Crippen LogP contribution in [-0.2, 0) is 20.5 Å². The van der Waals surface area contributed by atoms with Gasteiger partial charge in [-0.3, -0.25) is 9.59 Å². The number of ether oxygens (including phenoxy) is 1. The van der Waals surface area contributed by atoms with Crippen LogP contribution in [0.1, 0.15) is 12.5 Å². The molecule has 0 aliphatic heterocycles. The number of hydrogen-bond acceptors (Lipinski definition) is 4. The lowest BCUT2D eigenvalue weighted by Crippen LogP contribution is -2.19. The van der Waals surface area contributed by atoms with Crippen molar-refractivity contribution < 1.29 is 27.5 Å². The number of benzene rings is 1. The Kier molecular flexibility index (Phi) is 7.02. The SMILES string of the molecule is CCOC(=O)CSCC(=O)Nc1ccc(Cl)cc1C(F)(F)F. The first-order valence-electron chi connectivity index (χ1n) is 6.14. The predicted molar refractivity (Wildman–Crippen MR) is 79.0 cm³/mol. The molecule has 122 valence electrons. The van der Waals surface area contributed by atoms with Crippen LogP contribution in [0.15, 0.2) is 18.2 Å². The molecule has 0 heterocycles. The minimum Gasteiger partial charge on any atom is -0.465 e. The first kappa shape index (κ1) is 18.6. The monoisotopic (exact) mass is 355 g/mol. The van der Waals surface area contributed by atoms with Crippen LogP contribution in [0.25, 0.3) is 0 Å². The molecule has 22 heavy (non-hydrogen) atoms. The van der Waals surface area contributed by atoms with Gasteiger partial charge < -0.3 is 10.1 Å². The van der Waals surface area contributed by atoms with Gasteiger partial charge in [-0.05, 0) is 25.1 Å². The Morgan fingerprint density at radius 2 is 2.00 bits per heavy atom. The zero-order chi connectivity index (χ0) is 16.8. The van der Waals surface area contributed by atoms with Gasteiger partial charge in [0.15, 0.2) is 0 Å². The van der Waals surface area contributed by atoms with Crippen LogP contribution in [0.5, 0.6) is 0 Å². The highest BCUT2D eigenvalue weighted by atomic mass is 35.5. The number of amides is 1. The average molecular weight is 356 g/mol. The molecule has 1 aromatic carbocycles. The smallest absolute Gasteiger partial charge is 0.418 e. The van der Waals surface area contributed by atoms with Crippen molar-refractivity contribution in [3.8, 4) is 0 Å². The molecule has 1 amide bonds. The van der Waals surface area contributed by atoms with Crippen molar-refractivity contribution in [2.45, 2.75) is 13.1 Å². The van der Waals surface area contributed by atoms with Crippen molar-refractivity contribution in [1.82, 2.24) is 0 Å². The molecular weight excluding hydrogens is 343 g/mol. The molecule has 1 N–H and O–H groups in total. The van der Waals surface area contributed by atoms with Crippen LogP contribution in [0.2, 0.25) is 5.02 Å². The van der Waals surface area contributed by atoms with Gasteiger partial charge in [0.2, 0.25) is 5.91 Å². The molecule has 0 spiro atoms. The summed E-state index contributed by atoms with van der Waals surface area (Å²) in [7, 11) is 0. The summed E-state index contributed by atoms with van der Waals surface area (Å²) >= 11 is 6.49. The molecule has 0 unspecified atom stereocenters. The van der Waals surface area contributed by atoms with Gasteiger partial charge in [0, 0.05) is 5.02 Å². The zero-order valence-corrected chi connectivity index (χ0v) is 13.1. The van der Waals surface area contributed by atoms with E-state index >= 15 is 0 Å². The number of carbonyl (C=O) groups is 2. The third-order valence-corrected chi connectivity index (χ3v) is 3.46. The fourth-order valence-electron chi connectivity index (χ4n) is 1.48. The van der Waals surface area contributed by atoms with Gasteiger partial charge in [-0.2, -0.15) is 13.2 Å². The number of carbonyl (C=O) groups excluding carboxylic acids is 2. The summed E-state index contributed by atoms with van der Waals surface area (Å²) < 4.78 is 43.2. The van der Waals surface area contributed by atoms with Crippen LogP contribution in [-0.4, -0.2) is 30.0 Å². The van der Waals surface area contributed by atoms with Crippen molar-refractivity contribution in [3.05, 3.63) is 28.8 Å². The quantitative estimate of drug-likeness (QED) is 0.792. The summed E-state index contributed by atoms with van der Waals surface area (Å²) in [4.78, 5) is 22.7. The molecular formula is C13H13ClF3NO3S. The molecule has 0 aromatic heterocycles. The summed E-state index contributed by atoms with van der Waals surface area (Å²) in [6.45, 7) is 1.87. The first-order valence-corrected chi connectivity index (χ1v) is 7.67. The molecule has 0 atom stereocenters. The number of alkyl halides is 3. The molecule has 4 nitrogen and oxygen atoms in total. The van der Waals surface area contributed by atoms with Gasteiger partial charge in [0.05, 0.1) is 29.4 Å². The Morgan fingerprint density at radius 1 is 1.32 bits per heavy atom. The molecule has 0 saturated carbocycles. The number of rotatable bonds is 6. The van der Waals surface area contributed by atoms with Crippen LogP contribution < -0.4 is 5.32 Å². The average Bonchev–Trinajstić information content (AvgIpc) is 2.40. The van der Waals surface area contributed by atoms with Crippen LogP contribution in [0.3, 0.4) is 0 Å². The van der Waals surface area contributed by atoms with E-state index in [9.17, 15) is 22.8 Å². The van der Waals surface area contributed by atoms with Crippen molar-refractivity contribution >= 4 is 40.9 Å². The minimum atomic E-state index is -4.63. The van der Waals surface area contributed by atoms with Crippen molar-refractivity contribution in [3.63, 3.8) is 0 Å². The van der Waals surface area contributed by atoms with E-state index in [1.807, 2.05) is 0 Å². The predicted octanol–water partition coefficient (Wildman–Crippen LogP) is 3.59. The van der Waals surface area contributed by atoms with E-state index in [1.165, 1.54) is 6.07 Å². The van der Waals surface area contributed by atoms with E-state index in [1.54, 1.807) is 6.92 Å². The molecule has 0 saturated heterocycles. The first-order chi connectivity index (χ1) is 10.2. The summed E-state index contributed by atoms with van der Waals surface area (Å²) in [6.07, 6.45) is -4.63. The molecule has 0 aliphatic rings. The Hall–Kier alpha value is -1.41. The van der Waals surface area contributed by atoms with E-state index in [0.29, 0.717) is 0 Å². The molecule has 0 fully saturated rings. The van der Waals surface area contributed by atoms with Crippen LogP contribution in [0, 0.1) is 0 Å². The third-order valence-electron chi connectivity index (χ3n) is 2.32. The van der Waals surface area contributed by atoms with Gasteiger partial charge in [-0.15, -0.1) is 11.8 Å². The second-order valence-electron chi connectivity index (χ2n) is 4.03. The topological polar surface area (TPSA) is 55.4 Å². The molecule has 9 heteroatoms. The highest BCUT2D eigenvalue weighted by Crippen LogP contribution is 2.36. The maximum absolute atomic E-state index is 12.8.